The Balaban J connectivity index is 2.25. The minimum Gasteiger partial charge on any atom is -0.396 e. The fourth-order valence-electron chi connectivity index (χ4n) is 2.33. The van der Waals surface area contributed by atoms with Gasteiger partial charge in [0.2, 0.25) is 0 Å². The van der Waals surface area contributed by atoms with Crippen LogP contribution in [0.2, 0.25) is 0 Å². The quantitative estimate of drug-likeness (QED) is 0.413. The lowest BCUT2D eigenvalue weighted by molar-refractivity contribution is 0.283. The van der Waals surface area contributed by atoms with Gasteiger partial charge in [-0.25, -0.2) is 4.98 Å². The maximum absolute atomic E-state index is 8.80. The van der Waals surface area contributed by atoms with Crippen LogP contribution in [0.5, 0.6) is 0 Å². The summed E-state index contributed by atoms with van der Waals surface area (Å²) in [5.74, 6) is 0.881. The zero-order valence-electron chi connectivity index (χ0n) is 12.3. The number of nitrogen functional groups attached to an aromatic ring is 1. The third-order valence-electron chi connectivity index (χ3n) is 3.54. The molecule has 4 N–H and O–H groups in total. The molecule has 1 aromatic carbocycles. The van der Waals surface area contributed by atoms with Crippen molar-refractivity contribution >= 4 is 22.6 Å². The molecule has 0 unspecified atom stereocenters. The first-order chi connectivity index (χ1) is 10.1. The number of pyridine rings is 1. The summed E-state index contributed by atoms with van der Waals surface area (Å²) in [6, 6.07) is 9.60. The van der Waals surface area contributed by atoms with Gasteiger partial charge in [-0.1, -0.05) is 18.2 Å². The van der Waals surface area contributed by atoms with Crippen molar-refractivity contribution in [3.05, 3.63) is 35.9 Å². The number of nitrogens with one attached hydrogen (secondary N) is 1. The smallest absolute Gasteiger partial charge is 0.129 e. The molecule has 1 aromatic heterocycles. The Morgan fingerprint density at radius 1 is 1.29 bits per heavy atom. The maximum Gasteiger partial charge on any atom is 0.129 e. The second-order valence-corrected chi connectivity index (χ2v) is 5.16. The highest BCUT2D eigenvalue weighted by molar-refractivity contribution is 6.07. The molecular weight excluding hydrogens is 264 g/mol. The van der Waals surface area contributed by atoms with Crippen molar-refractivity contribution in [2.24, 2.45) is 5.73 Å². The van der Waals surface area contributed by atoms with Gasteiger partial charge in [-0.15, -0.1) is 0 Å². The first kappa shape index (κ1) is 15.3. The van der Waals surface area contributed by atoms with E-state index in [4.69, 9.17) is 16.2 Å². The van der Waals surface area contributed by atoms with Crippen LogP contribution in [0.1, 0.15) is 24.8 Å². The monoisotopic (exact) mass is 286 g/mol. The lowest BCUT2D eigenvalue weighted by Crippen LogP contribution is -2.21. The molecule has 112 valence electrons. The van der Waals surface area contributed by atoms with E-state index in [0.717, 1.165) is 48.1 Å². The molecule has 0 aliphatic heterocycles. The zero-order chi connectivity index (χ0) is 15.2. The lowest BCUT2D eigenvalue weighted by Gasteiger charge is -2.19. The summed E-state index contributed by atoms with van der Waals surface area (Å²) in [5.41, 5.74) is 7.27. The standard InChI is InChI=1S/C16H22N4O/c1-20(9-5-2-6-10-21)15-11-13(16(17)18)12-7-3-4-8-14(12)19-15/h3-4,7-8,11,21H,2,5-6,9-10H2,1H3,(H3,17,18). The van der Waals surface area contributed by atoms with Gasteiger partial charge >= 0.3 is 0 Å². The SMILES string of the molecule is CN(CCCCCO)c1cc(C(=N)N)c2ccccc2n1. The van der Waals surface area contributed by atoms with Gasteiger partial charge in [0, 0.05) is 31.1 Å². The van der Waals surface area contributed by atoms with Crippen LogP contribution < -0.4 is 10.6 Å². The zero-order valence-corrected chi connectivity index (χ0v) is 12.3. The van der Waals surface area contributed by atoms with Gasteiger partial charge in [0.25, 0.3) is 0 Å². The number of amidine groups is 1. The van der Waals surface area contributed by atoms with Gasteiger partial charge in [-0.05, 0) is 31.4 Å². The number of rotatable bonds is 7. The van der Waals surface area contributed by atoms with Gasteiger partial charge < -0.3 is 15.7 Å². The van der Waals surface area contributed by atoms with Gasteiger partial charge in [0.15, 0.2) is 0 Å². The molecule has 0 saturated heterocycles. The summed E-state index contributed by atoms with van der Waals surface area (Å²) in [6.07, 6.45) is 2.83. The van der Waals surface area contributed by atoms with Gasteiger partial charge in [0.05, 0.1) is 5.52 Å². The topological polar surface area (TPSA) is 86.2 Å². The fourth-order valence-corrected chi connectivity index (χ4v) is 2.33. The molecule has 0 radical (unpaired) electrons. The molecule has 0 fully saturated rings. The molecule has 2 aromatic rings. The molecule has 0 bridgehead atoms. The van der Waals surface area contributed by atoms with Crippen LogP contribution in [0.25, 0.3) is 10.9 Å². The summed E-state index contributed by atoms with van der Waals surface area (Å²) >= 11 is 0. The second kappa shape index (κ2) is 7.04. The third kappa shape index (κ3) is 3.70. The summed E-state index contributed by atoms with van der Waals surface area (Å²) in [5, 5.41) is 17.5. The Labute approximate surface area is 124 Å². The number of hydrogen-bond donors (Lipinski definition) is 3. The van der Waals surface area contributed by atoms with Crippen molar-refractivity contribution < 1.29 is 5.11 Å². The molecule has 5 heteroatoms. The van der Waals surface area contributed by atoms with Crippen LogP contribution in [0, 0.1) is 5.41 Å². The molecule has 1 heterocycles. The number of nitrogens with zero attached hydrogens (tertiary/aromatic N) is 2. The van der Waals surface area contributed by atoms with E-state index in [-0.39, 0.29) is 12.4 Å². The molecule has 0 spiro atoms. The first-order valence-corrected chi connectivity index (χ1v) is 7.19. The van der Waals surface area contributed by atoms with Crippen LogP contribution in [0.15, 0.2) is 30.3 Å². The number of fused-ring (bicyclic) bond motifs is 1. The summed E-state index contributed by atoms with van der Waals surface area (Å²) in [4.78, 5) is 6.71. The van der Waals surface area contributed by atoms with Crippen molar-refractivity contribution in [2.75, 3.05) is 25.1 Å². The first-order valence-electron chi connectivity index (χ1n) is 7.19. The second-order valence-electron chi connectivity index (χ2n) is 5.16. The van der Waals surface area contributed by atoms with Crippen molar-refractivity contribution in [3.8, 4) is 0 Å². The number of unbranched alkanes of at least 4 members (excludes halogenated alkanes) is 2. The third-order valence-corrected chi connectivity index (χ3v) is 3.54. The number of aliphatic hydroxyl groups excluding tert-OH is 1. The Kier molecular flexibility index (Phi) is 5.11. The molecular formula is C16H22N4O. The van der Waals surface area contributed by atoms with E-state index < -0.39 is 0 Å². The molecule has 2 rings (SSSR count). The van der Waals surface area contributed by atoms with Crippen LogP contribution in [0.3, 0.4) is 0 Å². The number of nitrogens with two attached hydrogens (primary N) is 1. The average Bonchev–Trinajstić information content (AvgIpc) is 2.50. The highest BCUT2D eigenvalue weighted by atomic mass is 16.2. The van der Waals surface area contributed by atoms with Gasteiger partial charge in [0.1, 0.15) is 11.7 Å². The largest absolute Gasteiger partial charge is 0.396 e. The van der Waals surface area contributed by atoms with E-state index in [1.54, 1.807) is 0 Å². The van der Waals surface area contributed by atoms with Crippen molar-refractivity contribution in [2.45, 2.75) is 19.3 Å². The average molecular weight is 286 g/mol. The van der Waals surface area contributed by atoms with Crippen molar-refractivity contribution in [1.82, 2.24) is 4.98 Å². The number of benzene rings is 1. The van der Waals surface area contributed by atoms with E-state index in [1.807, 2.05) is 37.4 Å². The summed E-state index contributed by atoms with van der Waals surface area (Å²) in [7, 11) is 1.99. The number of anilines is 1. The van der Waals surface area contributed by atoms with Crippen molar-refractivity contribution in [1.29, 1.82) is 5.41 Å². The van der Waals surface area contributed by atoms with Crippen LogP contribution >= 0.6 is 0 Å². The van der Waals surface area contributed by atoms with E-state index >= 15 is 0 Å². The molecule has 0 aliphatic rings. The highest BCUT2D eigenvalue weighted by Crippen LogP contribution is 2.22. The Morgan fingerprint density at radius 3 is 2.76 bits per heavy atom. The van der Waals surface area contributed by atoms with Gasteiger partial charge in [-0.2, -0.15) is 0 Å². The number of aliphatic hydroxyl groups is 1. The molecule has 0 aliphatic carbocycles. The van der Waals surface area contributed by atoms with E-state index in [9.17, 15) is 0 Å². The van der Waals surface area contributed by atoms with Crippen molar-refractivity contribution in [3.63, 3.8) is 0 Å². The molecule has 0 saturated carbocycles. The minimum absolute atomic E-state index is 0.0588. The van der Waals surface area contributed by atoms with Crippen LogP contribution in [-0.4, -0.2) is 36.1 Å². The van der Waals surface area contributed by atoms with Gasteiger partial charge in [-0.3, -0.25) is 5.41 Å². The fraction of sp³-hybridized carbons (Fsp3) is 0.375. The predicted octanol–water partition coefficient (Wildman–Crippen LogP) is 2.12. The lowest BCUT2D eigenvalue weighted by atomic mass is 10.1. The highest BCUT2D eigenvalue weighted by Gasteiger charge is 2.10. The normalized spacial score (nSPS) is 10.8. The Morgan fingerprint density at radius 2 is 2.05 bits per heavy atom. The summed E-state index contributed by atoms with van der Waals surface area (Å²) < 4.78 is 0. The van der Waals surface area contributed by atoms with E-state index in [0.29, 0.717) is 0 Å². The number of aromatic nitrogens is 1. The van der Waals surface area contributed by atoms with Crippen LogP contribution in [-0.2, 0) is 0 Å². The molecule has 0 atom stereocenters. The van der Waals surface area contributed by atoms with Crippen LogP contribution in [0.4, 0.5) is 5.82 Å². The number of hydrogen-bond acceptors (Lipinski definition) is 4. The number of para-hydroxylation sites is 1. The van der Waals surface area contributed by atoms with E-state index in [2.05, 4.69) is 9.88 Å². The summed E-state index contributed by atoms with van der Waals surface area (Å²) in [6.45, 7) is 1.11. The minimum atomic E-state index is 0.0588. The molecule has 21 heavy (non-hydrogen) atoms. The Hall–Kier alpha value is -2.14. The van der Waals surface area contributed by atoms with E-state index in [1.165, 1.54) is 0 Å². The molecule has 5 nitrogen and oxygen atoms in total. The predicted molar refractivity (Wildman–Crippen MR) is 87.0 cm³/mol. The molecule has 0 amide bonds. The maximum atomic E-state index is 8.80. The Bertz CT molecular complexity index is 627.